The molecule has 160 valence electrons. The normalized spacial score (nSPS) is 12.8. The van der Waals surface area contributed by atoms with Crippen LogP contribution in [0.5, 0.6) is 0 Å². The number of carbonyl (C=O) groups excluding carboxylic acids is 1. The third-order valence-corrected chi connectivity index (χ3v) is 6.12. The molecule has 0 radical (unpaired) electrons. The predicted octanol–water partition coefficient (Wildman–Crippen LogP) is 3.45. The van der Waals surface area contributed by atoms with E-state index in [1.165, 1.54) is 9.13 Å². The maximum Gasteiger partial charge on any atom is 0.317 e. The van der Waals surface area contributed by atoms with Crippen LogP contribution in [0.15, 0.2) is 82.4 Å². The van der Waals surface area contributed by atoms with Crippen LogP contribution in [0.1, 0.15) is 11.1 Å². The number of nitrogens with zero attached hydrogens (tertiary/aromatic N) is 3. The van der Waals surface area contributed by atoms with E-state index in [2.05, 4.69) is 0 Å². The van der Waals surface area contributed by atoms with Crippen molar-refractivity contribution in [2.24, 2.45) is 0 Å². The van der Waals surface area contributed by atoms with Crippen molar-refractivity contribution in [2.75, 3.05) is 11.4 Å². The molecule has 5 rings (SSSR count). The van der Waals surface area contributed by atoms with Crippen LogP contribution in [0.3, 0.4) is 0 Å². The fraction of sp³-hybridized carbons (Fsp3) is 0.160. The summed E-state index contributed by atoms with van der Waals surface area (Å²) in [5.74, 6) is -0.211. The standard InChI is InChI=1S/C25H20ClN3O3/c26-19-11-9-17(10-12-19)15-28-21-7-3-4-8-22(21)29(25(32)24(28)31)16-23(30)27-14-13-18-5-1-2-6-20(18)27/h1-12H,13-16H2. The highest BCUT2D eigenvalue weighted by Gasteiger charge is 2.25. The van der Waals surface area contributed by atoms with Gasteiger partial charge in [-0.15, -0.1) is 0 Å². The van der Waals surface area contributed by atoms with Crippen LogP contribution >= 0.6 is 11.6 Å². The van der Waals surface area contributed by atoms with E-state index < -0.39 is 11.1 Å². The summed E-state index contributed by atoms with van der Waals surface area (Å²) in [6.07, 6.45) is 0.778. The van der Waals surface area contributed by atoms with Crippen molar-refractivity contribution in [1.82, 2.24) is 9.13 Å². The minimum Gasteiger partial charge on any atom is -0.310 e. The van der Waals surface area contributed by atoms with E-state index in [9.17, 15) is 14.4 Å². The molecule has 0 saturated heterocycles. The summed E-state index contributed by atoms with van der Waals surface area (Å²) in [4.78, 5) is 41.0. The Hall–Kier alpha value is -3.64. The van der Waals surface area contributed by atoms with Gasteiger partial charge in [0.15, 0.2) is 0 Å². The maximum atomic E-state index is 13.1. The molecule has 0 N–H and O–H groups in total. The minimum atomic E-state index is -0.710. The van der Waals surface area contributed by atoms with Gasteiger partial charge in [-0.1, -0.05) is 54.1 Å². The molecule has 0 atom stereocenters. The van der Waals surface area contributed by atoms with E-state index in [4.69, 9.17) is 11.6 Å². The molecule has 1 aliphatic rings. The van der Waals surface area contributed by atoms with E-state index in [0.29, 0.717) is 22.6 Å². The van der Waals surface area contributed by atoms with Gasteiger partial charge in [-0.2, -0.15) is 0 Å². The lowest BCUT2D eigenvalue weighted by atomic mass is 10.2. The van der Waals surface area contributed by atoms with E-state index in [1.807, 2.05) is 42.5 Å². The zero-order valence-electron chi connectivity index (χ0n) is 17.2. The van der Waals surface area contributed by atoms with Gasteiger partial charge < -0.3 is 4.90 Å². The summed E-state index contributed by atoms with van der Waals surface area (Å²) in [5.41, 5.74) is 2.60. The average molecular weight is 446 g/mol. The zero-order chi connectivity index (χ0) is 22.2. The molecule has 4 aromatic rings. The molecule has 1 amide bonds. The van der Waals surface area contributed by atoms with Crippen molar-refractivity contribution in [3.63, 3.8) is 0 Å². The quantitative estimate of drug-likeness (QED) is 0.452. The molecule has 0 aliphatic carbocycles. The Morgan fingerprint density at radius 1 is 0.812 bits per heavy atom. The number of para-hydroxylation sites is 3. The summed E-state index contributed by atoms with van der Waals surface area (Å²) >= 11 is 5.96. The van der Waals surface area contributed by atoms with Crippen LogP contribution in [0.25, 0.3) is 11.0 Å². The number of aromatic nitrogens is 2. The minimum absolute atomic E-state index is 0.190. The topological polar surface area (TPSA) is 64.3 Å². The summed E-state index contributed by atoms with van der Waals surface area (Å²) in [5, 5.41) is 0.600. The van der Waals surface area contributed by atoms with Crippen molar-refractivity contribution < 1.29 is 4.79 Å². The highest BCUT2D eigenvalue weighted by atomic mass is 35.5. The Morgan fingerprint density at radius 2 is 1.44 bits per heavy atom. The van der Waals surface area contributed by atoms with E-state index in [-0.39, 0.29) is 19.0 Å². The zero-order valence-corrected chi connectivity index (χ0v) is 18.0. The molecular weight excluding hydrogens is 426 g/mol. The lowest BCUT2D eigenvalue weighted by Crippen LogP contribution is -2.44. The van der Waals surface area contributed by atoms with Gasteiger partial charge >= 0.3 is 11.1 Å². The second-order valence-electron chi connectivity index (χ2n) is 7.82. The largest absolute Gasteiger partial charge is 0.317 e. The number of hydrogen-bond acceptors (Lipinski definition) is 3. The summed E-state index contributed by atoms with van der Waals surface area (Å²) in [6.45, 7) is 0.614. The first-order valence-electron chi connectivity index (χ1n) is 10.4. The second kappa shape index (κ2) is 8.13. The fourth-order valence-electron chi connectivity index (χ4n) is 4.27. The number of rotatable bonds is 4. The van der Waals surface area contributed by atoms with Crippen molar-refractivity contribution in [2.45, 2.75) is 19.5 Å². The molecule has 0 spiro atoms. The van der Waals surface area contributed by atoms with Crippen molar-refractivity contribution in [1.29, 1.82) is 0 Å². The van der Waals surface area contributed by atoms with Crippen LogP contribution in [-0.2, 0) is 24.3 Å². The van der Waals surface area contributed by atoms with Crippen molar-refractivity contribution in [3.05, 3.63) is 110 Å². The first-order valence-corrected chi connectivity index (χ1v) is 10.8. The summed E-state index contributed by atoms with van der Waals surface area (Å²) < 4.78 is 2.74. The third-order valence-electron chi connectivity index (χ3n) is 5.87. The fourth-order valence-corrected chi connectivity index (χ4v) is 4.40. The van der Waals surface area contributed by atoms with Crippen molar-refractivity contribution in [3.8, 4) is 0 Å². The summed E-state index contributed by atoms with van der Waals surface area (Å²) in [6, 6.07) is 22.1. The number of anilines is 1. The third kappa shape index (κ3) is 3.52. The van der Waals surface area contributed by atoms with Crippen LogP contribution in [-0.4, -0.2) is 21.6 Å². The number of hydrogen-bond donors (Lipinski definition) is 0. The average Bonchev–Trinajstić information content (AvgIpc) is 3.25. The number of fused-ring (bicyclic) bond motifs is 2. The lowest BCUT2D eigenvalue weighted by Gasteiger charge is -2.20. The molecule has 1 aliphatic heterocycles. The first kappa shape index (κ1) is 20.3. The van der Waals surface area contributed by atoms with Crippen LogP contribution < -0.4 is 16.0 Å². The molecule has 7 heteroatoms. The van der Waals surface area contributed by atoms with Gasteiger partial charge in [0.05, 0.1) is 17.6 Å². The van der Waals surface area contributed by atoms with Gasteiger partial charge in [0.25, 0.3) is 0 Å². The van der Waals surface area contributed by atoms with Crippen LogP contribution in [0, 0.1) is 0 Å². The summed E-state index contributed by atoms with van der Waals surface area (Å²) in [7, 11) is 0. The van der Waals surface area contributed by atoms with E-state index in [0.717, 1.165) is 23.2 Å². The molecule has 0 bridgehead atoms. The van der Waals surface area contributed by atoms with Gasteiger partial charge in [0, 0.05) is 17.3 Å². The van der Waals surface area contributed by atoms with Gasteiger partial charge in [0.2, 0.25) is 5.91 Å². The first-order chi connectivity index (χ1) is 15.5. The van der Waals surface area contributed by atoms with Crippen molar-refractivity contribution >= 4 is 34.2 Å². The predicted molar refractivity (Wildman–Crippen MR) is 126 cm³/mol. The van der Waals surface area contributed by atoms with Gasteiger partial charge in [0.1, 0.15) is 6.54 Å². The van der Waals surface area contributed by atoms with Gasteiger partial charge in [-0.3, -0.25) is 23.5 Å². The monoisotopic (exact) mass is 445 g/mol. The maximum absolute atomic E-state index is 13.1. The second-order valence-corrected chi connectivity index (χ2v) is 8.26. The Morgan fingerprint density at radius 3 is 2.19 bits per heavy atom. The number of amides is 1. The highest BCUT2D eigenvalue weighted by molar-refractivity contribution is 6.30. The van der Waals surface area contributed by atoms with E-state index >= 15 is 0 Å². The highest BCUT2D eigenvalue weighted by Crippen LogP contribution is 2.27. The molecule has 0 saturated carbocycles. The van der Waals surface area contributed by atoms with E-state index in [1.54, 1.807) is 35.2 Å². The Bertz CT molecular complexity index is 1450. The molecule has 0 fully saturated rings. The van der Waals surface area contributed by atoms with Crippen LogP contribution in [0.4, 0.5) is 5.69 Å². The van der Waals surface area contributed by atoms with Crippen LogP contribution in [0.2, 0.25) is 5.02 Å². The lowest BCUT2D eigenvalue weighted by molar-refractivity contribution is -0.119. The molecule has 0 unspecified atom stereocenters. The molecule has 32 heavy (non-hydrogen) atoms. The van der Waals surface area contributed by atoms with Gasteiger partial charge in [-0.05, 0) is 47.9 Å². The number of carbonyl (C=O) groups is 1. The number of benzene rings is 3. The molecule has 3 aromatic carbocycles. The smallest absolute Gasteiger partial charge is 0.310 e. The number of halogens is 1. The van der Waals surface area contributed by atoms with Gasteiger partial charge in [-0.25, -0.2) is 0 Å². The Kier molecular flexibility index (Phi) is 5.15. The molecule has 2 heterocycles. The molecule has 6 nitrogen and oxygen atoms in total. The SMILES string of the molecule is O=C(Cn1c(=O)c(=O)n(Cc2ccc(Cl)cc2)c2ccccc21)N1CCc2ccccc21. The molecule has 1 aromatic heterocycles. The molecular formula is C25H20ClN3O3. The Labute approximate surface area is 188 Å². The Balaban J connectivity index is 1.56.